The summed E-state index contributed by atoms with van der Waals surface area (Å²) >= 11 is 0. The maximum Gasteiger partial charge on any atom is 0.314 e. The van der Waals surface area contributed by atoms with E-state index in [1.807, 2.05) is 56.3 Å². The third kappa shape index (κ3) is 7.06. The van der Waals surface area contributed by atoms with Crippen LogP contribution in [0.1, 0.15) is 24.2 Å². The highest BCUT2D eigenvalue weighted by Crippen LogP contribution is 2.41. The van der Waals surface area contributed by atoms with Gasteiger partial charge in [-0.3, -0.25) is 0 Å². The van der Waals surface area contributed by atoms with Crippen LogP contribution in [0, 0.1) is 0 Å². The molecule has 1 aliphatic carbocycles. The molecule has 4 rings (SSSR count). The van der Waals surface area contributed by atoms with Crippen LogP contribution >= 0.6 is 0 Å². The fourth-order valence-corrected chi connectivity index (χ4v) is 5.16. The van der Waals surface area contributed by atoms with E-state index in [0.717, 1.165) is 27.6 Å². The van der Waals surface area contributed by atoms with Gasteiger partial charge in [0, 0.05) is 73.6 Å². The number of carboxylic acid groups (broad SMARTS) is 1. The summed E-state index contributed by atoms with van der Waals surface area (Å²) in [6, 6.07) is 18.1. The second kappa shape index (κ2) is 14.2. The number of benzene rings is 3. The molecule has 11 nitrogen and oxygen atoms in total. The lowest BCUT2D eigenvalue weighted by molar-refractivity contribution is -0.254. The molecule has 4 N–H and O–H groups in total. The van der Waals surface area contributed by atoms with E-state index in [2.05, 4.69) is 30.7 Å². The number of fused-ring (bicyclic) bond motifs is 2. The van der Waals surface area contributed by atoms with Gasteiger partial charge in [-0.15, -0.1) is 0 Å². The number of carbonyl (C=O) groups is 3. The van der Waals surface area contributed by atoms with Crippen molar-refractivity contribution < 1.29 is 23.9 Å². The van der Waals surface area contributed by atoms with E-state index in [1.165, 1.54) is 0 Å². The van der Waals surface area contributed by atoms with Crippen molar-refractivity contribution >= 4 is 34.7 Å². The molecule has 43 heavy (non-hydrogen) atoms. The molecule has 0 fully saturated rings. The molecule has 1 aliphatic heterocycles. The van der Waals surface area contributed by atoms with Gasteiger partial charge in [0.1, 0.15) is 17.9 Å². The van der Waals surface area contributed by atoms with Crippen LogP contribution in [0.3, 0.4) is 0 Å². The van der Waals surface area contributed by atoms with Gasteiger partial charge in [0.15, 0.2) is 6.54 Å². The lowest BCUT2D eigenvalue weighted by Gasteiger charge is -2.24. The predicted octanol–water partition coefficient (Wildman–Crippen LogP) is 2.04. The first kappa shape index (κ1) is 30.9. The van der Waals surface area contributed by atoms with E-state index in [1.54, 1.807) is 32.3 Å². The Hall–Kier alpha value is -5.06. The molecule has 4 amide bonds. The summed E-state index contributed by atoms with van der Waals surface area (Å²) in [7, 11) is 3.15. The predicted molar refractivity (Wildman–Crippen MR) is 166 cm³/mol. The Labute approximate surface area is 250 Å². The zero-order valence-corrected chi connectivity index (χ0v) is 25.0. The molecule has 226 valence electrons. The van der Waals surface area contributed by atoms with Gasteiger partial charge >= 0.3 is 12.1 Å². The van der Waals surface area contributed by atoms with Crippen molar-refractivity contribution in [2.45, 2.75) is 13.8 Å². The summed E-state index contributed by atoms with van der Waals surface area (Å²) < 4.78 is 8.65. The maximum atomic E-state index is 12.2. The number of anilines is 1. The second-order valence-electron chi connectivity index (χ2n) is 9.84. The van der Waals surface area contributed by atoms with Gasteiger partial charge in [0.25, 0.3) is 0 Å². The lowest BCUT2D eigenvalue weighted by Crippen LogP contribution is -2.40. The van der Waals surface area contributed by atoms with Gasteiger partial charge in [-0.05, 0) is 37.6 Å². The monoisotopic (exact) mass is 586 g/mol. The van der Waals surface area contributed by atoms with Crippen LogP contribution in [-0.4, -0.2) is 71.4 Å². The van der Waals surface area contributed by atoms with Crippen molar-refractivity contribution in [3.05, 3.63) is 71.6 Å². The van der Waals surface area contributed by atoms with Gasteiger partial charge < -0.3 is 40.5 Å². The zero-order valence-electron chi connectivity index (χ0n) is 25.0. The maximum absolute atomic E-state index is 12.2. The van der Waals surface area contributed by atoms with Gasteiger partial charge in [0.05, 0.1) is 18.6 Å². The Balaban J connectivity index is 1.89. The lowest BCUT2D eigenvalue weighted by atomic mass is 9.90. The Kier molecular flexibility index (Phi) is 10.2. The molecular weight excluding hydrogens is 548 g/mol. The number of carbonyl (C=O) groups excluding carboxylic acids is 3. The van der Waals surface area contributed by atoms with Crippen molar-refractivity contribution in [3.63, 3.8) is 0 Å². The van der Waals surface area contributed by atoms with E-state index in [9.17, 15) is 19.5 Å². The second-order valence-corrected chi connectivity index (χ2v) is 9.84. The van der Waals surface area contributed by atoms with Gasteiger partial charge in [0.2, 0.25) is 5.36 Å². The number of nitrogens with zero attached hydrogens (tertiary/aromatic N) is 2. The number of aromatic carboxylic acids is 1. The number of amides is 4. The minimum Gasteiger partial charge on any atom is -0.545 e. The van der Waals surface area contributed by atoms with Crippen LogP contribution in [0.15, 0.2) is 65.1 Å². The third-order valence-electron chi connectivity index (χ3n) is 7.39. The van der Waals surface area contributed by atoms with E-state index < -0.39 is 5.97 Å². The number of carboxylic acids is 1. The van der Waals surface area contributed by atoms with Crippen molar-refractivity contribution in [1.29, 1.82) is 0 Å². The molecule has 2 aliphatic rings. The number of hydrogen-bond donors (Lipinski definition) is 4. The minimum atomic E-state index is -1.26. The minimum absolute atomic E-state index is 0.0929. The first-order valence-electron chi connectivity index (χ1n) is 14.4. The van der Waals surface area contributed by atoms with Crippen LogP contribution in [-0.2, 0) is 0 Å². The molecule has 0 unspecified atom stereocenters. The van der Waals surface area contributed by atoms with E-state index >= 15 is 0 Å². The normalized spacial score (nSPS) is 11.6. The average Bonchev–Trinajstić information content (AvgIpc) is 3.03. The fourth-order valence-electron chi connectivity index (χ4n) is 5.16. The van der Waals surface area contributed by atoms with E-state index in [0.29, 0.717) is 56.2 Å². The molecule has 0 bridgehead atoms. The highest BCUT2D eigenvalue weighted by Gasteiger charge is 2.21. The summed E-state index contributed by atoms with van der Waals surface area (Å²) in [5.74, 6) is -0.667. The largest absolute Gasteiger partial charge is 0.545 e. The van der Waals surface area contributed by atoms with Crippen molar-refractivity contribution in [3.8, 4) is 22.5 Å². The number of nitrogens with one attached hydrogen (secondary N) is 4. The quantitative estimate of drug-likeness (QED) is 0.157. The zero-order chi connectivity index (χ0) is 30.9. The molecule has 11 heteroatoms. The average molecular weight is 587 g/mol. The number of hydrogen-bond acceptors (Lipinski definition) is 6. The molecular formula is C32H38N6O5. The van der Waals surface area contributed by atoms with Gasteiger partial charge in [-0.2, -0.15) is 0 Å². The highest BCUT2D eigenvalue weighted by atomic mass is 16.4. The van der Waals surface area contributed by atoms with Gasteiger partial charge in [-0.1, -0.05) is 24.3 Å². The first-order chi connectivity index (χ1) is 20.8. The van der Waals surface area contributed by atoms with Gasteiger partial charge in [-0.25, -0.2) is 14.2 Å². The van der Waals surface area contributed by atoms with Crippen molar-refractivity contribution in [2.75, 3.05) is 58.3 Å². The molecule has 2 aromatic rings. The number of rotatable bonds is 11. The van der Waals surface area contributed by atoms with Crippen LogP contribution in [0.4, 0.5) is 15.3 Å². The topological polar surface area (TPSA) is 142 Å². The molecule has 0 spiro atoms. The summed E-state index contributed by atoms with van der Waals surface area (Å²) in [5, 5.41) is 24.6. The van der Waals surface area contributed by atoms with Crippen LogP contribution in [0.5, 0.6) is 0 Å². The van der Waals surface area contributed by atoms with E-state index in [-0.39, 0.29) is 17.6 Å². The molecule has 2 aromatic carbocycles. The van der Waals surface area contributed by atoms with E-state index in [4.69, 9.17) is 4.42 Å². The van der Waals surface area contributed by atoms with Crippen LogP contribution in [0.2, 0.25) is 0 Å². The Morgan fingerprint density at radius 3 is 2.28 bits per heavy atom. The van der Waals surface area contributed by atoms with Crippen LogP contribution < -0.4 is 41.2 Å². The third-order valence-corrected chi connectivity index (χ3v) is 7.39. The Bertz CT molecular complexity index is 1660. The fraction of sp³-hybridized carbons (Fsp3) is 0.312. The van der Waals surface area contributed by atoms with Crippen LogP contribution in [0.25, 0.3) is 33.4 Å². The van der Waals surface area contributed by atoms with Crippen molar-refractivity contribution in [1.82, 2.24) is 25.8 Å². The summed E-state index contributed by atoms with van der Waals surface area (Å²) in [6.07, 6.45) is 0. The molecule has 1 heterocycles. The highest BCUT2D eigenvalue weighted by molar-refractivity contribution is 6.07. The number of likely N-dealkylation sites (N-methyl/N-ethyl adjacent to an activating group) is 2. The summed E-state index contributed by atoms with van der Waals surface area (Å²) in [6.45, 7) is 7.56. The summed E-state index contributed by atoms with van der Waals surface area (Å²) in [5.41, 5.74) is 3.63. The number of urea groups is 2. The van der Waals surface area contributed by atoms with Crippen molar-refractivity contribution in [2.24, 2.45) is 0 Å². The first-order valence-corrected chi connectivity index (χ1v) is 14.4. The molecule has 0 atom stereocenters. The molecule has 0 aromatic heterocycles. The molecule has 0 saturated heterocycles. The molecule has 0 radical (unpaired) electrons. The SMILES string of the molecule is CCN(CCNC(=O)NC)c1ccc2c(-c3ccccc3C(=O)[O-])c3ccc(=[N+](CC)CCNC(=O)NC)cc-3oc2c1. The Morgan fingerprint density at radius 2 is 1.60 bits per heavy atom. The molecule has 0 saturated carbocycles. The summed E-state index contributed by atoms with van der Waals surface area (Å²) in [4.78, 5) is 37.6. The smallest absolute Gasteiger partial charge is 0.314 e. The standard InChI is InChI=1S/C32H38N6O5/c1-5-37(17-15-35-31(41)33-3)21-11-13-25-27(19-21)43-28-20-22(38(6-2)18-16-36-32(42)34-4)12-14-26(28)29(25)23-9-7-8-10-24(23)30(39)40/h7-14,19-20H,5-6,15-18H2,1-4H3,(H4-,33,34,35,36,39,40,41,42). The Morgan fingerprint density at radius 1 is 0.884 bits per heavy atom.